The number of methoxy groups -OCH3 is 1. The molecule has 0 N–H and O–H groups in total. The highest BCUT2D eigenvalue weighted by atomic mass is 19.1. The lowest BCUT2D eigenvalue weighted by Crippen LogP contribution is -2.48. The molecule has 30 heavy (non-hydrogen) atoms. The minimum Gasteiger partial charge on any atom is -0.468 e. The van der Waals surface area contributed by atoms with Crippen LogP contribution in [-0.4, -0.2) is 37.2 Å². The average molecular weight is 415 g/mol. The van der Waals surface area contributed by atoms with Gasteiger partial charge >= 0.3 is 11.9 Å². The number of rotatable bonds is 5. The maximum atomic E-state index is 14.1. The van der Waals surface area contributed by atoms with Gasteiger partial charge in [-0.2, -0.15) is 0 Å². The summed E-state index contributed by atoms with van der Waals surface area (Å²) in [5.74, 6) is -4.88. The van der Waals surface area contributed by atoms with E-state index in [1.165, 1.54) is 25.3 Å². The van der Waals surface area contributed by atoms with Crippen LogP contribution in [0.5, 0.6) is 0 Å². The van der Waals surface area contributed by atoms with Crippen LogP contribution in [0.2, 0.25) is 0 Å². The Morgan fingerprint density at radius 1 is 1.27 bits per heavy atom. The predicted molar refractivity (Wildman–Crippen MR) is 108 cm³/mol. The van der Waals surface area contributed by atoms with Crippen LogP contribution in [0.3, 0.4) is 0 Å². The lowest BCUT2D eigenvalue weighted by Gasteiger charge is -2.40. The maximum Gasteiger partial charge on any atom is 0.336 e. The molecule has 1 aromatic rings. The number of halogens is 1. The van der Waals surface area contributed by atoms with Crippen LogP contribution in [0.1, 0.15) is 45.1 Å². The maximum absolute atomic E-state index is 14.1. The fourth-order valence-electron chi connectivity index (χ4n) is 4.43. The van der Waals surface area contributed by atoms with E-state index in [9.17, 15) is 18.8 Å². The minimum atomic E-state index is -0.957. The van der Waals surface area contributed by atoms with Crippen molar-refractivity contribution in [3.8, 4) is 0 Å². The van der Waals surface area contributed by atoms with Gasteiger partial charge in [0.2, 0.25) is 0 Å². The standard InChI is InChI=1S/C23H26FNO5/c1-5-9-30-23(28)18-13(3)25-16-10-12(2)17(22(27)29-4)21(26)20(16)19(18)14-7-6-8-15(24)11-14/h6-8,11-12,17,19-20H,5,9-10H2,1-4H3/t12-,17-,19-,20+/m1/s1. The van der Waals surface area contributed by atoms with Gasteiger partial charge in [-0.05, 0) is 43.4 Å². The Bertz CT molecular complexity index is 935. The van der Waals surface area contributed by atoms with E-state index in [1.807, 2.05) is 6.92 Å². The van der Waals surface area contributed by atoms with Crippen LogP contribution < -0.4 is 0 Å². The zero-order valence-corrected chi connectivity index (χ0v) is 17.6. The summed E-state index contributed by atoms with van der Waals surface area (Å²) in [6.45, 7) is 5.60. The van der Waals surface area contributed by atoms with Crippen molar-refractivity contribution in [3.63, 3.8) is 0 Å². The summed E-state index contributed by atoms with van der Waals surface area (Å²) in [5.41, 5.74) is 1.76. The number of nitrogens with zero attached hydrogens (tertiary/aromatic N) is 1. The van der Waals surface area contributed by atoms with Gasteiger partial charge in [0, 0.05) is 17.3 Å². The number of fused-ring (bicyclic) bond motifs is 1. The third-order valence-corrected chi connectivity index (χ3v) is 5.74. The van der Waals surface area contributed by atoms with Gasteiger partial charge in [0.1, 0.15) is 11.7 Å². The Kier molecular flexibility index (Phi) is 6.48. The summed E-state index contributed by atoms with van der Waals surface area (Å²) in [5, 5.41) is 0. The van der Waals surface area contributed by atoms with Crippen molar-refractivity contribution in [2.75, 3.05) is 13.7 Å². The van der Waals surface area contributed by atoms with Gasteiger partial charge in [-0.1, -0.05) is 26.0 Å². The van der Waals surface area contributed by atoms with Gasteiger partial charge in [-0.3, -0.25) is 14.6 Å². The zero-order chi connectivity index (χ0) is 22.0. The number of ketones is 1. The molecule has 0 radical (unpaired) electrons. The van der Waals surface area contributed by atoms with Crippen molar-refractivity contribution < 1.29 is 28.2 Å². The molecule has 0 bridgehead atoms. The summed E-state index contributed by atoms with van der Waals surface area (Å²) in [4.78, 5) is 43.3. The molecule has 2 aliphatic rings. The van der Waals surface area contributed by atoms with Gasteiger partial charge in [0.25, 0.3) is 0 Å². The van der Waals surface area contributed by atoms with E-state index in [0.29, 0.717) is 29.8 Å². The molecule has 1 saturated carbocycles. The molecule has 0 spiro atoms. The molecule has 3 rings (SSSR count). The first-order chi connectivity index (χ1) is 14.3. The molecule has 1 aliphatic heterocycles. The largest absolute Gasteiger partial charge is 0.468 e. The molecule has 1 fully saturated rings. The van der Waals surface area contributed by atoms with E-state index >= 15 is 0 Å². The molecule has 0 aromatic heterocycles. The molecular weight excluding hydrogens is 389 g/mol. The third-order valence-electron chi connectivity index (χ3n) is 5.74. The summed E-state index contributed by atoms with van der Waals surface area (Å²) in [6, 6.07) is 5.82. The number of allylic oxidation sites excluding steroid dienone is 1. The number of hydrogen-bond acceptors (Lipinski definition) is 6. The van der Waals surface area contributed by atoms with Crippen molar-refractivity contribution in [2.24, 2.45) is 22.7 Å². The van der Waals surface area contributed by atoms with Gasteiger partial charge in [-0.15, -0.1) is 0 Å². The quantitative estimate of drug-likeness (QED) is 0.542. The second kappa shape index (κ2) is 8.90. The van der Waals surface area contributed by atoms with Crippen molar-refractivity contribution in [1.82, 2.24) is 0 Å². The second-order valence-corrected chi connectivity index (χ2v) is 7.83. The van der Waals surface area contributed by atoms with Crippen molar-refractivity contribution >= 4 is 23.4 Å². The molecule has 0 amide bonds. The van der Waals surface area contributed by atoms with Crippen molar-refractivity contribution in [2.45, 2.75) is 39.5 Å². The molecule has 1 heterocycles. The first kappa shape index (κ1) is 21.9. The number of hydrogen-bond donors (Lipinski definition) is 0. The molecular formula is C23H26FNO5. The Hall–Kier alpha value is -2.83. The van der Waals surface area contributed by atoms with Crippen LogP contribution in [0.25, 0.3) is 0 Å². The topological polar surface area (TPSA) is 82.0 Å². The summed E-state index contributed by atoms with van der Waals surface area (Å²) in [7, 11) is 1.24. The zero-order valence-electron chi connectivity index (χ0n) is 17.6. The third kappa shape index (κ3) is 3.93. The average Bonchev–Trinajstić information content (AvgIpc) is 2.70. The predicted octanol–water partition coefficient (Wildman–Crippen LogP) is 3.61. The first-order valence-corrected chi connectivity index (χ1v) is 10.1. The number of Topliss-reactive ketones (excluding diaryl/α,β-unsaturated/α-hetero) is 1. The fourth-order valence-corrected chi connectivity index (χ4v) is 4.43. The number of carbonyl (C=O) groups excluding carboxylic acids is 3. The lowest BCUT2D eigenvalue weighted by molar-refractivity contribution is -0.152. The molecule has 1 aliphatic carbocycles. The van der Waals surface area contributed by atoms with Gasteiger partial charge in [0.05, 0.1) is 25.2 Å². The van der Waals surface area contributed by atoms with Gasteiger partial charge in [0.15, 0.2) is 5.78 Å². The molecule has 0 unspecified atom stereocenters. The summed E-state index contributed by atoms with van der Waals surface area (Å²) < 4.78 is 24.3. The Morgan fingerprint density at radius 3 is 2.63 bits per heavy atom. The molecule has 0 saturated heterocycles. The summed E-state index contributed by atoms with van der Waals surface area (Å²) >= 11 is 0. The second-order valence-electron chi connectivity index (χ2n) is 7.83. The fraction of sp³-hybridized carbons (Fsp3) is 0.478. The highest BCUT2D eigenvalue weighted by molar-refractivity contribution is 6.17. The van der Waals surface area contributed by atoms with Crippen LogP contribution >= 0.6 is 0 Å². The van der Waals surface area contributed by atoms with Crippen LogP contribution in [0.4, 0.5) is 4.39 Å². The highest BCUT2D eigenvalue weighted by Crippen LogP contribution is 2.45. The molecule has 1 aromatic carbocycles. The van der Waals surface area contributed by atoms with Crippen molar-refractivity contribution in [1.29, 1.82) is 0 Å². The monoisotopic (exact) mass is 415 g/mol. The number of esters is 2. The Labute approximate surface area is 175 Å². The van der Waals surface area contributed by atoms with E-state index in [4.69, 9.17) is 9.47 Å². The van der Waals surface area contributed by atoms with E-state index in [2.05, 4.69) is 4.99 Å². The van der Waals surface area contributed by atoms with E-state index in [0.717, 1.165) is 0 Å². The SMILES string of the molecule is CCCOC(=O)C1=C(C)N=C2C[C@@H](C)[C@@H](C(=O)OC)C(=O)[C@@H]2[C@@H]1c1cccc(F)c1. The molecule has 4 atom stereocenters. The van der Waals surface area contributed by atoms with E-state index in [1.54, 1.807) is 19.9 Å². The number of aliphatic imine (C=N–C) groups is 1. The van der Waals surface area contributed by atoms with Gasteiger partial charge < -0.3 is 9.47 Å². The smallest absolute Gasteiger partial charge is 0.336 e. The van der Waals surface area contributed by atoms with Crippen LogP contribution in [0.15, 0.2) is 40.5 Å². The first-order valence-electron chi connectivity index (χ1n) is 10.1. The lowest BCUT2D eigenvalue weighted by atomic mass is 9.64. The van der Waals surface area contributed by atoms with Crippen LogP contribution in [-0.2, 0) is 23.9 Å². The molecule has 6 nitrogen and oxygen atoms in total. The van der Waals surface area contributed by atoms with E-state index in [-0.39, 0.29) is 23.9 Å². The van der Waals surface area contributed by atoms with E-state index < -0.39 is 35.5 Å². The van der Waals surface area contributed by atoms with Crippen molar-refractivity contribution in [3.05, 3.63) is 46.9 Å². The molecule has 7 heteroatoms. The molecule has 160 valence electrons. The number of benzene rings is 1. The minimum absolute atomic E-state index is 0.225. The number of carbonyl (C=O) groups is 3. The Balaban J connectivity index is 2.16. The van der Waals surface area contributed by atoms with Crippen LogP contribution in [0, 0.1) is 23.6 Å². The normalized spacial score (nSPS) is 26.0. The number of ether oxygens (including phenoxy) is 2. The highest BCUT2D eigenvalue weighted by Gasteiger charge is 2.51. The summed E-state index contributed by atoms with van der Waals surface area (Å²) in [6.07, 6.45) is 1.05. The van der Waals surface area contributed by atoms with Gasteiger partial charge in [-0.25, -0.2) is 9.18 Å². The Morgan fingerprint density at radius 2 is 2.00 bits per heavy atom.